The maximum absolute atomic E-state index is 12.0. The van der Waals surface area contributed by atoms with Gasteiger partial charge in [-0.15, -0.1) is 0 Å². The van der Waals surface area contributed by atoms with E-state index >= 15 is 0 Å². The molecule has 0 aliphatic carbocycles. The summed E-state index contributed by atoms with van der Waals surface area (Å²) in [4.78, 5) is 14.0. The lowest BCUT2D eigenvalue weighted by Crippen LogP contribution is -2.50. The highest BCUT2D eigenvalue weighted by molar-refractivity contribution is 6.33. The maximum atomic E-state index is 12.0. The molecule has 1 aliphatic heterocycles. The zero-order valence-electron chi connectivity index (χ0n) is 11.5. The second-order valence-electron chi connectivity index (χ2n) is 5.40. The molecule has 2 rings (SSSR count). The number of carbonyl (C=O) groups is 1. The van der Waals surface area contributed by atoms with E-state index in [4.69, 9.17) is 23.2 Å². The molecule has 1 N–H and O–H groups in total. The van der Waals surface area contributed by atoms with Gasteiger partial charge < -0.3 is 5.11 Å². The summed E-state index contributed by atoms with van der Waals surface area (Å²) >= 11 is 12.3. The molecule has 0 spiro atoms. The number of hydrogen-bond acceptors (Lipinski definition) is 2. The molecule has 0 aromatic heterocycles. The maximum Gasteiger partial charge on any atom is 0.328 e. The van der Waals surface area contributed by atoms with Gasteiger partial charge in [0.1, 0.15) is 5.54 Å². The van der Waals surface area contributed by atoms with E-state index in [1.54, 1.807) is 25.1 Å². The van der Waals surface area contributed by atoms with E-state index in [1.165, 1.54) is 0 Å². The van der Waals surface area contributed by atoms with Gasteiger partial charge in [0, 0.05) is 15.6 Å². The number of halogens is 2. The molecule has 110 valence electrons. The van der Waals surface area contributed by atoms with E-state index in [-0.39, 0.29) is 0 Å². The van der Waals surface area contributed by atoms with Crippen LogP contribution in [0.3, 0.4) is 0 Å². The number of rotatable bonds is 3. The molecule has 1 aromatic carbocycles. The Kier molecular flexibility index (Phi) is 4.95. The van der Waals surface area contributed by atoms with Crippen LogP contribution in [-0.2, 0) is 10.3 Å². The Balaban J connectivity index is 2.47. The molecule has 1 aliphatic rings. The van der Waals surface area contributed by atoms with Crippen molar-refractivity contribution in [1.82, 2.24) is 4.90 Å². The minimum Gasteiger partial charge on any atom is -0.480 e. The SMILES string of the molecule is CC(C(=O)O)(c1cc(Cl)ccc1Cl)N1CCCCCC1. The molecule has 1 unspecified atom stereocenters. The Morgan fingerprint density at radius 1 is 1.20 bits per heavy atom. The van der Waals surface area contributed by atoms with E-state index < -0.39 is 11.5 Å². The van der Waals surface area contributed by atoms with E-state index in [0.29, 0.717) is 15.6 Å². The van der Waals surface area contributed by atoms with Gasteiger partial charge in [-0.3, -0.25) is 4.90 Å². The van der Waals surface area contributed by atoms with Gasteiger partial charge in [0.05, 0.1) is 0 Å². The van der Waals surface area contributed by atoms with Crippen LogP contribution in [-0.4, -0.2) is 29.1 Å². The summed E-state index contributed by atoms with van der Waals surface area (Å²) in [5.41, 5.74) is -0.562. The smallest absolute Gasteiger partial charge is 0.328 e. The summed E-state index contributed by atoms with van der Waals surface area (Å²) in [6.45, 7) is 3.26. The molecule has 0 bridgehead atoms. The lowest BCUT2D eigenvalue weighted by molar-refractivity contribution is -0.151. The lowest BCUT2D eigenvalue weighted by atomic mass is 9.89. The Morgan fingerprint density at radius 2 is 1.80 bits per heavy atom. The number of carboxylic acid groups (broad SMARTS) is 1. The zero-order valence-corrected chi connectivity index (χ0v) is 13.0. The molecule has 3 nitrogen and oxygen atoms in total. The average molecular weight is 316 g/mol. The van der Waals surface area contributed by atoms with Gasteiger partial charge in [0.25, 0.3) is 0 Å². The highest BCUT2D eigenvalue weighted by Crippen LogP contribution is 2.36. The molecule has 0 radical (unpaired) electrons. The molecular formula is C15H19Cl2NO2. The van der Waals surface area contributed by atoms with Crippen molar-refractivity contribution in [3.8, 4) is 0 Å². The zero-order chi connectivity index (χ0) is 14.8. The molecule has 1 atom stereocenters. The second kappa shape index (κ2) is 6.33. The summed E-state index contributed by atoms with van der Waals surface area (Å²) in [6.07, 6.45) is 4.33. The Morgan fingerprint density at radius 3 is 2.35 bits per heavy atom. The predicted molar refractivity (Wildman–Crippen MR) is 81.5 cm³/mol. The highest BCUT2D eigenvalue weighted by atomic mass is 35.5. The van der Waals surface area contributed by atoms with Crippen molar-refractivity contribution in [3.05, 3.63) is 33.8 Å². The standard InChI is InChI=1S/C15H19Cl2NO2/c1-15(14(19)20,18-8-4-2-3-5-9-18)12-10-11(16)6-7-13(12)17/h6-7,10H,2-5,8-9H2,1H3,(H,19,20). The van der Waals surface area contributed by atoms with Crippen LogP contribution < -0.4 is 0 Å². The summed E-state index contributed by atoms with van der Waals surface area (Å²) < 4.78 is 0. The van der Waals surface area contributed by atoms with E-state index in [1.807, 2.05) is 4.90 Å². The van der Waals surface area contributed by atoms with Crippen LogP contribution in [0, 0.1) is 0 Å². The lowest BCUT2D eigenvalue weighted by Gasteiger charge is -2.38. The third-order valence-corrected chi connectivity index (χ3v) is 4.67. The molecule has 5 heteroatoms. The molecule has 1 saturated heterocycles. The first-order valence-electron chi connectivity index (χ1n) is 6.90. The van der Waals surface area contributed by atoms with Crippen molar-refractivity contribution in [3.63, 3.8) is 0 Å². The van der Waals surface area contributed by atoms with Crippen LogP contribution in [0.15, 0.2) is 18.2 Å². The first-order chi connectivity index (χ1) is 9.46. The monoisotopic (exact) mass is 315 g/mol. The van der Waals surface area contributed by atoms with Gasteiger partial charge in [0.2, 0.25) is 0 Å². The van der Waals surface area contributed by atoms with Crippen molar-refractivity contribution in [2.24, 2.45) is 0 Å². The highest BCUT2D eigenvalue weighted by Gasteiger charge is 2.42. The van der Waals surface area contributed by atoms with Crippen LogP contribution in [0.4, 0.5) is 0 Å². The fourth-order valence-corrected chi connectivity index (χ4v) is 3.28. The first-order valence-corrected chi connectivity index (χ1v) is 7.66. The average Bonchev–Trinajstić information content (AvgIpc) is 2.69. The summed E-state index contributed by atoms with van der Waals surface area (Å²) in [5.74, 6) is -0.886. The largest absolute Gasteiger partial charge is 0.480 e. The first kappa shape index (κ1) is 15.6. The Bertz CT molecular complexity index is 499. The molecule has 1 fully saturated rings. The van der Waals surface area contributed by atoms with E-state index in [2.05, 4.69) is 0 Å². The van der Waals surface area contributed by atoms with Crippen LogP contribution >= 0.6 is 23.2 Å². The minimum absolute atomic E-state index is 0.448. The predicted octanol–water partition coefficient (Wildman–Crippen LogP) is 4.17. The number of benzene rings is 1. The van der Waals surface area contributed by atoms with Gasteiger partial charge in [0.15, 0.2) is 0 Å². The molecule has 0 amide bonds. The van der Waals surface area contributed by atoms with Crippen molar-refractivity contribution < 1.29 is 9.90 Å². The van der Waals surface area contributed by atoms with Crippen LogP contribution in [0.5, 0.6) is 0 Å². The molecule has 1 heterocycles. The summed E-state index contributed by atoms with van der Waals surface area (Å²) in [5, 5.41) is 10.8. The topological polar surface area (TPSA) is 40.5 Å². The molecule has 1 aromatic rings. The minimum atomic E-state index is -1.13. The quantitative estimate of drug-likeness (QED) is 0.910. The number of carboxylic acids is 1. The number of hydrogen-bond donors (Lipinski definition) is 1. The summed E-state index contributed by atoms with van der Waals surface area (Å²) in [6, 6.07) is 5.01. The Hall–Kier alpha value is -0.770. The van der Waals surface area contributed by atoms with E-state index in [0.717, 1.165) is 38.8 Å². The van der Waals surface area contributed by atoms with E-state index in [9.17, 15) is 9.90 Å². The third-order valence-electron chi connectivity index (χ3n) is 4.11. The van der Waals surface area contributed by atoms with Gasteiger partial charge in [-0.1, -0.05) is 36.0 Å². The van der Waals surface area contributed by atoms with Crippen LogP contribution in [0.25, 0.3) is 0 Å². The van der Waals surface area contributed by atoms with Crippen molar-refractivity contribution >= 4 is 29.2 Å². The Labute approximate surface area is 129 Å². The third kappa shape index (κ3) is 2.95. The summed E-state index contributed by atoms with van der Waals surface area (Å²) in [7, 11) is 0. The van der Waals surface area contributed by atoms with Crippen LogP contribution in [0.2, 0.25) is 10.0 Å². The number of likely N-dealkylation sites (tertiary alicyclic amines) is 1. The van der Waals surface area contributed by atoms with Crippen molar-refractivity contribution in [1.29, 1.82) is 0 Å². The number of aliphatic carboxylic acids is 1. The van der Waals surface area contributed by atoms with Gasteiger partial charge >= 0.3 is 5.97 Å². The van der Waals surface area contributed by atoms with Gasteiger partial charge in [-0.2, -0.15) is 0 Å². The molecular weight excluding hydrogens is 297 g/mol. The van der Waals surface area contributed by atoms with Gasteiger partial charge in [-0.05, 0) is 51.1 Å². The molecule has 20 heavy (non-hydrogen) atoms. The normalized spacial score (nSPS) is 20.1. The molecule has 0 saturated carbocycles. The van der Waals surface area contributed by atoms with Crippen LogP contribution in [0.1, 0.15) is 38.2 Å². The van der Waals surface area contributed by atoms with Crippen molar-refractivity contribution in [2.75, 3.05) is 13.1 Å². The fraction of sp³-hybridized carbons (Fsp3) is 0.533. The fourth-order valence-electron chi connectivity index (χ4n) is 2.81. The second-order valence-corrected chi connectivity index (χ2v) is 6.25. The van der Waals surface area contributed by atoms with Crippen molar-refractivity contribution in [2.45, 2.75) is 38.1 Å². The van der Waals surface area contributed by atoms with Gasteiger partial charge in [-0.25, -0.2) is 4.79 Å². The number of nitrogens with zero attached hydrogens (tertiary/aromatic N) is 1.